The molecule has 1 atom stereocenters. The summed E-state index contributed by atoms with van der Waals surface area (Å²) in [7, 11) is 0. The first-order chi connectivity index (χ1) is 13.1. The fraction of sp³-hybridized carbons (Fsp3) is 0.222. The number of carboxylic acid groups (broad SMARTS) is 1. The van der Waals surface area contributed by atoms with Crippen LogP contribution in [-0.4, -0.2) is 48.9 Å². The summed E-state index contributed by atoms with van der Waals surface area (Å²) in [5, 5.41) is 14.0. The van der Waals surface area contributed by atoms with E-state index in [0.29, 0.717) is 36.2 Å². The number of carbonyl (C=O) groups is 1. The van der Waals surface area contributed by atoms with E-state index in [0.717, 1.165) is 11.3 Å². The van der Waals surface area contributed by atoms with Crippen LogP contribution in [0.4, 0.5) is 0 Å². The Morgan fingerprint density at radius 3 is 2.96 bits per heavy atom. The predicted octanol–water partition coefficient (Wildman–Crippen LogP) is 2.06. The van der Waals surface area contributed by atoms with Gasteiger partial charge in [0.15, 0.2) is 5.72 Å². The second-order valence-corrected chi connectivity index (χ2v) is 6.80. The van der Waals surface area contributed by atoms with Crippen LogP contribution in [0.1, 0.15) is 27.7 Å². The maximum atomic E-state index is 11.4. The van der Waals surface area contributed by atoms with Gasteiger partial charge in [-0.2, -0.15) is 0 Å². The van der Waals surface area contributed by atoms with E-state index in [9.17, 15) is 9.90 Å². The van der Waals surface area contributed by atoms with Gasteiger partial charge in [0, 0.05) is 23.3 Å². The van der Waals surface area contributed by atoms with Gasteiger partial charge in [-0.3, -0.25) is 9.88 Å². The summed E-state index contributed by atoms with van der Waals surface area (Å²) < 4.78 is 7.85. The first kappa shape index (κ1) is 16.4. The minimum Gasteiger partial charge on any atom is -0.475 e. The molecule has 0 aliphatic carbocycles. The lowest BCUT2D eigenvalue weighted by molar-refractivity contribution is -0.0585. The number of carboxylic acids is 1. The number of fused-ring (bicyclic) bond motifs is 5. The van der Waals surface area contributed by atoms with Gasteiger partial charge in [-0.15, -0.1) is 5.10 Å². The molecular weight excluding hydrogens is 370 g/mol. The first-order valence-corrected chi connectivity index (χ1v) is 8.77. The number of aromatic nitrogens is 4. The van der Waals surface area contributed by atoms with Crippen molar-refractivity contribution in [3.8, 4) is 5.69 Å². The Kier molecular flexibility index (Phi) is 3.55. The summed E-state index contributed by atoms with van der Waals surface area (Å²) >= 11 is 6.32. The Morgan fingerprint density at radius 1 is 1.30 bits per heavy atom. The van der Waals surface area contributed by atoms with Crippen LogP contribution in [0, 0.1) is 0 Å². The van der Waals surface area contributed by atoms with E-state index in [4.69, 9.17) is 16.3 Å². The van der Waals surface area contributed by atoms with E-state index < -0.39 is 11.7 Å². The topological polar surface area (TPSA) is 93.4 Å². The van der Waals surface area contributed by atoms with Crippen molar-refractivity contribution in [3.05, 3.63) is 70.5 Å². The molecule has 27 heavy (non-hydrogen) atoms. The van der Waals surface area contributed by atoms with Crippen molar-refractivity contribution in [2.24, 2.45) is 0 Å². The molecule has 2 aromatic heterocycles. The maximum absolute atomic E-state index is 11.4. The van der Waals surface area contributed by atoms with Gasteiger partial charge in [0.05, 0.1) is 24.5 Å². The fourth-order valence-corrected chi connectivity index (χ4v) is 3.97. The van der Waals surface area contributed by atoms with Gasteiger partial charge in [0.25, 0.3) is 5.82 Å². The van der Waals surface area contributed by atoms with Crippen LogP contribution in [0.15, 0.2) is 42.6 Å². The van der Waals surface area contributed by atoms with E-state index in [1.165, 1.54) is 0 Å². The third-order valence-corrected chi connectivity index (χ3v) is 5.11. The van der Waals surface area contributed by atoms with Gasteiger partial charge in [-0.25, -0.2) is 14.5 Å². The molecule has 8 nitrogen and oxygen atoms in total. The molecule has 0 spiro atoms. The largest absolute Gasteiger partial charge is 0.475 e. The van der Waals surface area contributed by atoms with Crippen LogP contribution in [0.2, 0.25) is 5.02 Å². The van der Waals surface area contributed by atoms with Gasteiger partial charge >= 0.3 is 5.97 Å². The van der Waals surface area contributed by atoms with Gasteiger partial charge in [0.2, 0.25) is 0 Å². The zero-order valence-electron chi connectivity index (χ0n) is 14.0. The minimum absolute atomic E-state index is 0.239. The van der Waals surface area contributed by atoms with Crippen molar-refractivity contribution in [2.75, 3.05) is 13.2 Å². The van der Waals surface area contributed by atoms with Crippen LogP contribution < -0.4 is 0 Å². The van der Waals surface area contributed by atoms with Crippen molar-refractivity contribution < 1.29 is 14.6 Å². The summed E-state index contributed by atoms with van der Waals surface area (Å²) in [6.45, 7) is 1.50. The van der Waals surface area contributed by atoms with Gasteiger partial charge < -0.3 is 9.84 Å². The molecule has 1 aromatic carbocycles. The Morgan fingerprint density at radius 2 is 2.19 bits per heavy atom. The number of rotatable bonds is 2. The average molecular weight is 384 g/mol. The molecular formula is C18H14ClN5O3. The molecule has 2 aliphatic rings. The van der Waals surface area contributed by atoms with E-state index in [1.807, 2.05) is 24.3 Å². The maximum Gasteiger partial charge on any atom is 0.375 e. The van der Waals surface area contributed by atoms with Gasteiger partial charge in [-0.1, -0.05) is 17.7 Å². The van der Waals surface area contributed by atoms with Crippen molar-refractivity contribution in [1.82, 2.24) is 24.6 Å². The Bertz CT molecular complexity index is 1050. The van der Waals surface area contributed by atoms with Crippen LogP contribution in [0.3, 0.4) is 0 Å². The lowest BCUT2D eigenvalue weighted by Gasteiger charge is -2.35. The third-order valence-electron chi connectivity index (χ3n) is 4.88. The van der Waals surface area contributed by atoms with E-state index in [2.05, 4.69) is 20.0 Å². The number of benzene rings is 1. The van der Waals surface area contributed by atoms with E-state index >= 15 is 0 Å². The zero-order valence-corrected chi connectivity index (χ0v) is 14.8. The normalized spacial score (nSPS) is 21.2. The van der Waals surface area contributed by atoms with Gasteiger partial charge in [-0.05, 0) is 30.3 Å². The molecule has 5 rings (SSSR count). The highest BCUT2D eigenvalue weighted by molar-refractivity contribution is 6.30. The van der Waals surface area contributed by atoms with Crippen LogP contribution in [-0.2, 0) is 17.0 Å². The number of hydrogen-bond donors (Lipinski definition) is 1. The molecule has 1 unspecified atom stereocenters. The average Bonchev–Trinajstić information content (AvgIpc) is 3.26. The lowest BCUT2D eigenvalue weighted by Crippen LogP contribution is -2.43. The monoisotopic (exact) mass is 383 g/mol. The third kappa shape index (κ3) is 2.31. The highest BCUT2D eigenvalue weighted by atomic mass is 35.5. The molecule has 2 aliphatic heterocycles. The lowest BCUT2D eigenvalue weighted by atomic mass is 9.95. The van der Waals surface area contributed by atoms with Crippen molar-refractivity contribution in [1.29, 1.82) is 0 Å². The Labute approximate surface area is 159 Å². The molecule has 0 saturated carbocycles. The highest BCUT2D eigenvalue weighted by Gasteiger charge is 2.50. The molecule has 0 bridgehead atoms. The first-order valence-electron chi connectivity index (χ1n) is 8.40. The molecule has 136 valence electrons. The Hall–Kier alpha value is -2.81. The number of hydrogen-bond acceptors (Lipinski definition) is 6. The summed E-state index contributed by atoms with van der Waals surface area (Å²) in [6, 6.07) is 11.0. The van der Waals surface area contributed by atoms with E-state index in [-0.39, 0.29) is 5.82 Å². The number of aromatic carboxylic acids is 1. The summed E-state index contributed by atoms with van der Waals surface area (Å²) in [4.78, 5) is 22.2. The number of nitrogens with zero attached hydrogens (tertiary/aromatic N) is 5. The second-order valence-electron chi connectivity index (χ2n) is 6.36. The smallest absolute Gasteiger partial charge is 0.375 e. The SMILES string of the molecule is O=C(O)c1nc2n(n1)-c1ccc(Cl)cc1C1(c3ccccn3)OCCN1C2. The predicted molar refractivity (Wildman–Crippen MR) is 94.7 cm³/mol. The summed E-state index contributed by atoms with van der Waals surface area (Å²) in [6.07, 6.45) is 1.72. The van der Waals surface area contributed by atoms with Crippen molar-refractivity contribution in [3.63, 3.8) is 0 Å². The number of pyridine rings is 1. The minimum atomic E-state index is -1.17. The molecule has 0 radical (unpaired) electrons. The van der Waals surface area contributed by atoms with Crippen molar-refractivity contribution >= 4 is 17.6 Å². The molecule has 0 amide bonds. The fourth-order valence-electron chi connectivity index (χ4n) is 3.79. The molecule has 1 saturated heterocycles. The van der Waals surface area contributed by atoms with Crippen LogP contribution in [0.5, 0.6) is 0 Å². The summed E-state index contributed by atoms with van der Waals surface area (Å²) in [5.74, 6) is -0.879. The quantitative estimate of drug-likeness (QED) is 0.723. The van der Waals surface area contributed by atoms with E-state index in [1.54, 1.807) is 23.0 Å². The van der Waals surface area contributed by atoms with Gasteiger partial charge in [0.1, 0.15) is 5.82 Å². The standard InChI is InChI=1S/C18H14ClN5O3/c19-11-4-5-13-12(9-11)18(14-3-1-2-6-20-14)23(7-8-27-18)10-15-21-16(17(25)26)22-24(13)15/h1-6,9H,7-8,10H2,(H,25,26). The molecule has 3 aromatic rings. The summed E-state index contributed by atoms with van der Waals surface area (Å²) in [5.41, 5.74) is 1.22. The second kappa shape index (κ2) is 5.85. The molecule has 1 fully saturated rings. The Balaban J connectivity index is 1.83. The van der Waals surface area contributed by atoms with Crippen LogP contribution in [0.25, 0.3) is 5.69 Å². The molecule has 9 heteroatoms. The molecule has 4 heterocycles. The number of ether oxygens (including phenoxy) is 1. The molecule has 1 N–H and O–H groups in total. The van der Waals surface area contributed by atoms with Crippen molar-refractivity contribution in [2.45, 2.75) is 12.3 Å². The number of halogens is 1. The zero-order chi connectivity index (χ0) is 18.6. The highest BCUT2D eigenvalue weighted by Crippen LogP contribution is 2.45. The van der Waals surface area contributed by atoms with Crippen LogP contribution >= 0.6 is 11.6 Å².